The molecular weight excluding hydrogens is 286 g/mol. The third-order valence-corrected chi connectivity index (χ3v) is 4.60. The number of nitrogens with zero attached hydrogens (tertiary/aromatic N) is 4. The summed E-state index contributed by atoms with van der Waals surface area (Å²) < 4.78 is 7.59. The zero-order valence-electron chi connectivity index (χ0n) is 11.4. The highest BCUT2D eigenvalue weighted by molar-refractivity contribution is 7.11. The minimum atomic E-state index is 0.192. The predicted molar refractivity (Wildman–Crippen MR) is 80.4 cm³/mol. The van der Waals surface area contributed by atoms with Gasteiger partial charge in [0.05, 0.1) is 6.54 Å². The second-order valence-corrected chi connectivity index (χ2v) is 6.12. The number of hydrogen-bond acceptors (Lipinski definition) is 6. The Morgan fingerprint density at radius 2 is 2.38 bits per heavy atom. The van der Waals surface area contributed by atoms with E-state index in [4.69, 9.17) is 4.74 Å². The SMILES string of the molecule is c1ccn2c(NCc3cnc(C4CCCO4)s3)nnc2c1. The number of thiazole rings is 1. The van der Waals surface area contributed by atoms with Crippen molar-refractivity contribution in [2.24, 2.45) is 0 Å². The second-order valence-electron chi connectivity index (χ2n) is 4.97. The van der Waals surface area contributed by atoms with Crippen LogP contribution in [-0.2, 0) is 11.3 Å². The van der Waals surface area contributed by atoms with E-state index in [-0.39, 0.29) is 6.10 Å². The second kappa shape index (κ2) is 5.42. The summed E-state index contributed by atoms with van der Waals surface area (Å²) in [6, 6.07) is 5.84. The maximum Gasteiger partial charge on any atom is 0.229 e. The van der Waals surface area contributed by atoms with Crippen molar-refractivity contribution in [3.8, 4) is 0 Å². The van der Waals surface area contributed by atoms with E-state index >= 15 is 0 Å². The van der Waals surface area contributed by atoms with Gasteiger partial charge < -0.3 is 10.1 Å². The molecule has 7 heteroatoms. The Bertz CT molecular complexity index is 747. The van der Waals surface area contributed by atoms with E-state index in [9.17, 15) is 0 Å². The van der Waals surface area contributed by atoms with Crippen molar-refractivity contribution in [3.63, 3.8) is 0 Å². The summed E-state index contributed by atoms with van der Waals surface area (Å²) in [5.74, 6) is 0.748. The Balaban J connectivity index is 1.47. The van der Waals surface area contributed by atoms with Crippen LogP contribution in [0.25, 0.3) is 5.65 Å². The third-order valence-electron chi connectivity index (χ3n) is 3.51. The molecule has 1 fully saturated rings. The normalized spacial score (nSPS) is 18.4. The number of nitrogens with one attached hydrogen (secondary N) is 1. The van der Waals surface area contributed by atoms with E-state index < -0.39 is 0 Å². The molecule has 0 radical (unpaired) electrons. The molecule has 1 unspecified atom stereocenters. The molecule has 0 bridgehead atoms. The van der Waals surface area contributed by atoms with Crippen LogP contribution in [-0.4, -0.2) is 26.2 Å². The summed E-state index contributed by atoms with van der Waals surface area (Å²) in [4.78, 5) is 5.65. The molecule has 4 rings (SSSR count). The van der Waals surface area contributed by atoms with Crippen molar-refractivity contribution in [2.45, 2.75) is 25.5 Å². The van der Waals surface area contributed by atoms with Gasteiger partial charge in [0.1, 0.15) is 11.1 Å². The van der Waals surface area contributed by atoms with Crippen molar-refractivity contribution in [1.29, 1.82) is 0 Å². The molecule has 0 aromatic carbocycles. The first-order valence-corrected chi connectivity index (χ1v) is 7.81. The van der Waals surface area contributed by atoms with Crippen LogP contribution in [0.4, 0.5) is 5.95 Å². The van der Waals surface area contributed by atoms with Gasteiger partial charge in [-0.05, 0) is 25.0 Å². The minimum absolute atomic E-state index is 0.192. The number of ether oxygens (including phenoxy) is 1. The molecule has 1 atom stereocenters. The molecule has 0 aliphatic carbocycles. The maximum absolute atomic E-state index is 5.66. The molecule has 0 spiro atoms. The highest BCUT2D eigenvalue weighted by Gasteiger charge is 2.20. The van der Waals surface area contributed by atoms with E-state index in [2.05, 4.69) is 20.5 Å². The zero-order chi connectivity index (χ0) is 14.1. The van der Waals surface area contributed by atoms with Crippen LogP contribution in [0.15, 0.2) is 30.6 Å². The van der Waals surface area contributed by atoms with Gasteiger partial charge in [-0.2, -0.15) is 0 Å². The largest absolute Gasteiger partial charge is 0.371 e. The average Bonchev–Trinajstić information content (AvgIpc) is 3.25. The van der Waals surface area contributed by atoms with E-state index in [1.165, 1.54) is 4.88 Å². The topological polar surface area (TPSA) is 64.3 Å². The van der Waals surface area contributed by atoms with Crippen molar-refractivity contribution in [1.82, 2.24) is 19.6 Å². The maximum atomic E-state index is 5.66. The van der Waals surface area contributed by atoms with E-state index in [1.54, 1.807) is 11.3 Å². The molecule has 0 amide bonds. The average molecular weight is 301 g/mol. The van der Waals surface area contributed by atoms with Crippen LogP contribution < -0.4 is 5.32 Å². The highest BCUT2D eigenvalue weighted by atomic mass is 32.1. The van der Waals surface area contributed by atoms with E-state index in [0.29, 0.717) is 6.54 Å². The first-order chi connectivity index (χ1) is 10.4. The van der Waals surface area contributed by atoms with Gasteiger partial charge in [0.25, 0.3) is 0 Å². The van der Waals surface area contributed by atoms with Crippen LogP contribution in [0.3, 0.4) is 0 Å². The molecule has 1 aliphatic heterocycles. The Labute approximate surface area is 125 Å². The van der Waals surface area contributed by atoms with Crippen molar-refractivity contribution in [2.75, 3.05) is 11.9 Å². The van der Waals surface area contributed by atoms with Crippen molar-refractivity contribution >= 4 is 22.9 Å². The standard InChI is InChI=1S/C14H15N5OS/c1-2-6-19-12(5-1)17-18-14(19)16-9-10-8-15-13(21-10)11-4-3-7-20-11/h1-2,5-6,8,11H,3-4,7,9H2,(H,16,18). The number of hydrogen-bond donors (Lipinski definition) is 1. The van der Waals surface area contributed by atoms with Crippen LogP contribution in [0.1, 0.15) is 28.8 Å². The Morgan fingerprint density at radius 3 is 3.29 bits per heavy atom. The van der Waals surface area contributed by atoms with Crippen LogP contribution >= 0.6 is 11.3 Å². The molecule has 108 valence electrons. The summed E-state index contributed by atoms with van der Waals surface area (Å²) in [6.45, 7) is 1.55. The van der Waals surface area contributed by atoms with Crippen LogP contribution in [0, 0.1) is 0 Å². The van der Waals surface area contributed by atoms with Gasteiger partial charge >= 0.3 is 0 Å². The lowest BCUT2D eigenvalue weighted by Crippen LogP contribution is -2.01. The number of anilines is 1. The molecular formula is C14H15N5OS. The van der Waals surface area contributed by atoms with Gasteiger partial charge in [0, 0.05) is 23.9 Å². The Kier molecular flexibility index (Phi) is 3.28. The van der Waals surface area contributed by atoms with Gasteiger partial charge in [-0.25, -0.2) is 4.98 Å². The molecule has 1 aliphatic rings. The lowest BCUT2D eigenvalue weighted by atomic mass is 10.2. The van der Waals surface area contributed by atoms with Gasteiger partial charge in [0.2, 0.25) is 5.95 Å². The quantitative estimate of drug-likeness (QED) is 0.802. The zero-order valence-corrected chi connectivity index (χ0v) is 12.2. The van der Waals surface area contributed by atoms with Gasteiger partial charge in [-0.15, -0.1) is 21.5 Å². The van der Waals surface area contributed by atoms with Gasteiger partial charge in [-0.3, -0.25) is 4.40 Å². The van der Waals surface area contributed by atoms with Crippen LogP contribution in [0.5, 0.6) is 0 Å². The Hall–Kier alpha value is -1.99. The third kappa shape index (κ3) is 2.50. The summed E-state index contributed by atoms with van der Waals surface area (Å²) in [5, 5.41) is 12.7. The van der Waals surface area contributed by atoms with Crippen LogP contribution in [0.2, 0.25) is 0 Å². The fraction of sp³-hybridized carbons (Fsp3) is 0.357. The summed E-state index contributed by atoms with van der Waals surface area (Å²) in [7, 11) is 0. The Morgan fingerprint density at radius 1 is 1.38 bits per heavy atom. The first kappa shape index (κ1) is 12.7. The smallest absolute Gasteiger partial charge is 0.229 e. The fourth-order valence-corrected chi connectivity index (χ4v) is 3.39. The number of fused-ring (bicyclic) bond motifs is 1. The first-order valence-electron chi connectivity index (χ1n) is 7.00. The van der Waals surface area contributed by atoms with Crippen molar-refractivity contribution < 1.29 is 4.74 Å². The molecule has 6 nitrogen and oxygen atoms in total. The molecule has 3 aromatic heterocycles. The summed E-state index contributed by atoms with van der Waals surface area (Å²) >= 11 is 1.70. The highest BCUT2D eigenvalue weighted by Crippen LogP contribution is 2.31. The number of aromatic nitrogens is 4. The number of pyridine rings is 1. The van der Waals surface area contributed by atoms with E-state index in [0.717, 1.165) is 36.1 Å². The summed E-state index contributed by atoms with van der Waals surface area (Å²) in [5.41, 5.74) is 0.837. The lowest BCUT2D eigenvalue weighted by Gasteiger charge is -2.04. The minimum Gasteiger partial charge on any atom is -0.371 e. The molecule has 0 saturated carbocycles. The lowest BCUT2D eigenvalue weighted by molar-refractivity contribution is 0.111. The molecule has 3 aromatic rings. The fourth-order valence-electron chi connectivity index (χ4n) is 2.45. The monoisotopic (exact) mass is 301 g/mol. The van der Waals surface area contributed by atoms with Gasteiger partial charge in [-0.1, -0.05) is 6.07 Å². The predicted octanol–water partition coefficient (Wildman–Crippen LogP) is 2.65. The van der Waals surface area contributed by atoms with Gasteiger partial charge in [0.15, 0.2) is 5.65 Å². The molecule has 1 saturated heterocycles. The van der Waals surface area contributed by atoms with E-state index in [1.807, 2.05) is 35.0 Å². The summed E-state index contributed by atoms with van der Waals surface area (Å²) in [6.07, 6.45) is 6.26. The number of rotatable bonds is 4. The molecule has 21 heavy (non-hydrogen) atoms. The molecule has 4 heterocycles. The molecule has 1 N–H and O–H groups in total. The van der Waals surface area contributed by atoms with Crippen molar-refractivity contribution in [3.05, 3.63) is 40.5 Å².